The van der Waals surface area contributed by atoms with Crippen molar-refractivity contribution in [1.29, 1.82) is 0 Å². The van der Waals surface area contributed by atoms with Gasteiger partial charge in [-0.3, -0.25) is 4.99 Å². The van der Waals surface area contributed by atoms with E-state index in [1.807, 2.05) is 0 Å². The van der Waals surface area contributed by atoms with Gasteiger partial charge in [0, 0.05) is 32.7 Å². The van der Waals surface area contributed by atoms with E-state index in [2.05, 4.69) is 48.3 Å². The van der Waals surface area contributed by atoms with Crippen LogP contribution in [-0.2, 0) is 4.74 Å². The molecule has 1 aliphatic rings. The second-order valence-corrected chi connectivity index (χ2v) is 5.39. The van der Waals surface area contributed by atoms with Crippen LogP contribution in [0.25, 0.3) is 0 Å². The molecule has 1 saturated heterocycles. The number of likely N-dealkylation sites (N-methyl/N-ethyl adjacent to an activating group) is 1. The zero-order valence-electron chi connectivity index (χ0n) is 12.4. The van der Waals surface area contributed by atoms with Crippen LogP contribution in [0.2, 0.25) is 0 Å². The van der Waals surface area contributed by atoms with Crippen LogP contribution in [0.5, 0.6) is 0 Å². The Morgan fingerprint density at radius 2 is 2.17 bits per heavy atom. The molecule has 1 fully saturated rings. The van der Waals surface area contributed by atoms with Gasteiger partial charge in [-0.1, -0.05) is 13.8 Å². The molecular formula is C13H28N4O. The maximum atomic E-state index is 5.71. The van der Waals surface area contributed by atoms with Crippen molar-refractivity contribution in [3.05, 3.63) is 0 Å². The van der Waals surface area contributed by atoms with Gasteiger partial charge in [-0.25, -0.2) is 0 Å². The van der Waals surface area contributed by atoms with Crippen molar-refractivity contribution >= 4 is 5.96 Å². The van der Waals surface area contributed by atoms with Crippen LogP contribution in [0.15, 0.2) is 4.99 Å². The lowest BCUT2D eigenvalue weighted by Gasteiger charge is -2.30. The molecule has 5 nitrogen and oxygen atoms in total. The largest absolute Gasteiger partial charge is 0.374 e. The molecule has 0 aromatic rings. The summed E-state index contributed by atoms with van der Waals surface area (Å²) in [5.74, 6) is 1.44. The quantitative estimate of drug-likeness (QED) is 0.569. The van der Waals surface area contributed by atoms with Crippen molar-refractivity contribution in [1.82, 2.24) is 15.5 Å². The van der Waals surface area contributed by atoms with Crippen molar-refractivity contribution in [3.8, 4) is 0 Å². The summed E-state index contributed by atoms with van der Waals surface area (Å²) < 4.78 is 5.71. The number of hydrogen-bond acceptors (Lipinski definition) is 3. The number of morpholine rings is 1. The average Bonchev–Trinajstić information content (AvgIpc) is 2.34. The van der Waals surface area contributed by atoms with Gasteiger partial charge < -0.3 is 20.3 Å². The number of nitrogens with one attached hydrogen (secondary N) is 2. The maximum Gasteiger partial charge on any atom is 0.191 e. The minimum Gasteiger partial charge on any atom is -0.374 e. The van der Waals surface area contributed by atoms with E-state index in [0.717, 1.165) is 32.2 Å². The normalized spacial score (nSPS) is 24.1. The Bertz CT molecular complexity index is 268. The lowest BCUT2D eigenvalue weighted by Crippen LogP contribution is -2.50. The molecule has 0 radical (unpaired) electrons. The molecule has 106 valence electrons. The van der Waals surface area contributed by atoms with Crippen LogP contribution in [0.3, 0.4) is 0 Å². The third kappa shape index (κ3) is 5.23. The van der Waals surface area contributed by atoms with Gasteiger partial charge in [0.05, 0.1) is 12.7 Å². The second-order valence-electron chi connectivity index (χ2n) is 5.39. The molecule has 2 unspecified atom stereocenters. The van der Waals surface area contributed by atoms with E-state index in [-0.39, 0.29) is 6.10 Å². The highest BCUT2D eigenvalue weighted by atomic mass is 16.5. The van der Waals surface area contributed by atoms with Crippen molar-refractivity contribution in [2.45, 2.75) is 32.9 Å². The van der Waals surface area contributed by atoms with Crippen LogP contribution in [0, 0.1) is 5.92 Å². The topological polar surface area (TPSA) is 48.9 Å². The zero-order chi connectivity index (χ0) is 13.5. The fourth-order valence-corrected chi connectivity index (χ4v) is 1.78. The van der Waals surface area contributed by atoms with Gasteiger partial charge in [-0.2, -0.15) is 0 Å². The van der Waals surface area contributed by atoms with Gasteiger partial charge in [0.25, 0.3) is 0 Å². The Hall–Kier alpha value is -0.810. The summed E-state index contributed by atoms with van der Waals surface area (Å²) in [5, 5.41) is 6.72. The molecule has 2 atom stereocenters. The number of ether oxygens (including phenoxy) is 1. The number of rotatable bonds is 4. The number of aliphatic imine (C=N–C) groups is 1. The van der Waals surface area contributed by atoms with Crippen LogP contribution in [-0.4, -0.2) is 63.3 Å². The van der Waals surface area contributed by atoms with E-state index >= 15 is 0 Å². The van der Waals surface area contributed by atoms with Crippen LogP contribution in [0.1, 0.15) is 20.8 Å². The Labute approximate surface area is 111 Å². The fraction of sp³-hybridized carbons (Fsp3) is 0.923. The Morgan fingerprint density at radius 1 is 1.44 bits per heavy atom. The maximum absolute atomic E-state index is 5.71. The monoisotopic (exact) mass is 256 g/mol. The van der Waals surface area contributed by atoms with Crippen molar-refractivity contribution in [2.75, 3.05) is 40.3 Å². The molecule has 0 aromatic carbocycles. The van der Waals surface area contributed by atoms with Gasteiger partial charge in [0.2, 0.25) is 0 Å². The van der Waals surface area contributed by atoms with Gasteiger partial charge in [-0.15, -0.1) is 0 Å². The summed E-state index contributed by atoms with van der Waals surface area (Å²) in [6.45, 7) is 10.2. The predicted octanol–water partition coefficient (Wildman–Crippen LogP) is 0.527. The van der Waals surface area contributed by atoms with E-state index in [4.69, 9.17) is 4.74 Å². The molecule has 5 heteroatoms. The van der Waals surface area contributed by atoms with E-state index in [1.165, 1.54) is 0 Å². The average molecular weight is 256 g/mol. The Kier molecular flexibility index (Phi) is 6.43. The first-order chi connectivity index (χ1) is 8.52. The first kappa shape index (κ1) is 15.2. The molecule has 1 heterocycles. The molecule has 1 rings (SSSR count). The zero-order valence-corrected chi connectivity index (χ0v) is 12.4. The Balaban J connectivity index is 2.31. The lowest BCUT2D eigenvalue weighted by atomic mass is 10.1. The fourth-order valence-electron chi connectivity index (χ4n) is 1.78. The minimum absolute atomic E-state index is 0.247. The summed E-state index contributed by atoms with van der Waals surface area (Å²) in [6.07, 6.45) is 0.247. The molecule has 0 aliphatic carbocycles. The standard InChI is InChI=1S/C13H28N4O/c1-10(2)11(3)16-13(14-4)15-8-12-9-17(5)6-7-18-12/h10-12H,6-9H2,1-5H3,(H2,14,15,16). The van der Waals surface area contributed by atoms with E-state index < -0.39 is 0 Å². The van der Waals surface area contributed by atoms with Gasteiger partial charge in [0.1, 0.15) is 0 Å². The number of hydrogen-bond donors (Lipinski definition) is 2. The van der Waals surface area contributed by atoms with Crippen molar-refractivity contribution in [3.63, 3.8) is 0 Å². The van der Waals surface area contributed by atoms with E-state index in [0.29, 0.717) is 12.0 Å². The highest BCUT2D eigenvalue weighted by Crippen LogP contribution is 2.02. The summed E-state index contributed by atoms with van der Waals surface area (Å²) in [4.78, 5) is 6.53. The van der Waals surface area contributed by atoms with E-state index in [1.54, 1.807) is 7.05 Å². The number of nitrogens with zero attached hydrogens (tertiary/aromatic N) is 2. The summed E-state index contributed by atoms with van der Waals surface area (Å²) in [6, 6.07) is 0.408. The smallest absolute Gasteiger partial charge is 0.191 e. The van der Waals surface area contributed by atoms with Gasteiger partial charge >= 0.3 is 0 Å². The first-order valence-electron chi connectivity index (χ1n) is 6.80. The predicted molar refractivity (Wildman–Crippen MR) is 76.0 cm³/mol. The minimum atomic E-state index is 0.247. The van der Waals surface area contributed by atoms with Crippen LogP contribution >= 0.6 is 0 Å². The third-order valence-electron chi connectivity index (χ3n) is 3.43. The molecular weight excluding hydrogens is 228 g/mol. The highest BCUT2D eigenvalue weighted by molar-refractivity contribution is 5.79. The molecule has 0 aromatic heterocycles. The van der Waals surface area contributed by atoms with Crippen LogP contribution in [0.4, 0.5) is 0 Å². The SMILES string of the molecule is CN=C(NCC1CN(C)CCO1)NC(C)C(C)C. The van der Waals surface area contributed by atoms with Crippen molar-refractivity contribution < 1.29 is 4.74 Å². The lowest BCUT2D eigenvalue weighted by molar-refractivity contribution is -0.0161. The van der Waals surface area contributed by atoms with Gasteiger partial charge in [-0.05, 0) is 19.9 Å². The summed E-state index contributed by atoms with van der Waals surface area (Å²) in [5.41, 5.74) is 0. The van der Waals surface area contributed by atoms with Gasteiger partial charge in [0.15, 0.2) is 5.96 Å². The molecule has 0 saturated carbocycles. The summed E-state index contributed by atoms with van der Waals surface area (Å²) in [7, 11) is 3.93. The molecule has 2 N–H and O–H groups in total. The molecule has 18 heavy (non-hydrogen) atoms. The van der Waals surface area contributed by atoms with Crippen molar-refractivity contribution in [2.24, 2.45) is 10.9 Å². The first-order valence-corrected chi connectivity index (χ1v) is 6.80. The molecule has 0 bridgehead atoms. The molecule has 0 amide bonds. The third-order valence-corrected chi connectivity index (χ3v) is 3.43. The van der Waals surface area contributed by atoms with E-state index in [9.17, 15) is 0 Å². The number of guanidine groups is 1. The highest BCUT2D eigenvalue weighted by Gasteiger charge is 2.18. The molecule has 1 aliphatic heterocycles. The molecule has 0 spiro atoms. The van der Waals surface area contributed by atoms with Crippen LogP contribution < -0.4 is 10.6 Å². The second kappa shape index (κ2) is 7.59. The Morgan fingerprint density at radius 3 is 2.72 bits per heavy atom. The summed E-state index contributed by atoms with van der Waals surface area (Å²) >= 11 is 0.